The van der Waals surface area contributed by atoms with Crippen molar-refractivity contribution in [2.75, 3.05) is 0 Å². The van der Waals surface area contributed by atoms with Crippen LogP contribution in [0.1, 0.15) is 10.4 Å². The molecule has 1 unspecified atom stereocenters. The van der Waals surface area contributed by atoms with Gasteiger partial charge in [0.1, 0.15) is 4.83 Å². The van der Waals surface area contributed by atoms with Crippen LogP contribution in [-0.2, 0) is 0 Å². The Kier molecular flexibility index (Phi) is 2.83. The number of rotatable bonds is 2. The van der Waals surface area contributed by atoms with E-state index in [0.717, 1.165) is 10.1 Å². The van der Waals surface area contributed by atoms with E-state index in [1.165, 1.54) is 11.3 Å². The monoisotopic (exact) mass is 276 g/mol. The van der Waals surface area contributed by atoms with Crippen LogP contribution in [0.2, 0.25) is 0 Å². The zero-order chi connectivity index (χ0) is 10.1. The summed E-state index contributed by atoms with van der Waals surface area (Å²) in [5.41, 5.74) is 0.681. The number of benzene rings is 1. The van der Waals surface area contributed by atoms with Gasteiger partial charge in [-0.2, -0.15) is 0 Å². The summed E-state index contributed by atoms with van der Waals surface area (Å²) in [7, 11) is 0. The van der Waals surface area contributed by atoms with Crippen LogP contribution in [-0.4, -0.2) is 6.43 Å². The van der Waals surface area contributed by atoms with Gasteiger partial charge >= 0.3 is 0 Å². The molecule has 0 nitrogen and oxygen atoms in total. The minimum absolute atomic E-state index is 0.681. The minimum atomic E-state index is -2.37. The number of hydrogen-bond acceptors (Lipinski definition) is 1. The van der Waals surface area contributed by atoms with Gasteiger partial charge in [-0.25, -0.2) is 8.78 Å². The van der Waals surface area contributed by atoms with Gasteiger partial charge in [0.05, 0.1) is 0 Å². The van der Waals surface area contributed by atoms with Gasteiger partial charge in [0.25, 0.3) is 6.43 Å². The molecular weight excluding hydrogens is 270 g/mol. The Morgan fingerprint density at radius 3 is 2.64 bits per heavy atom. The van der Waals surface area contributed by atoms with Gasteiger partial charge in [0.2, 0.25) is 0 Å². The number of alkyl halides is 3. The second-order valence-electron chi connectivity index (χ2n) is 2.92. The Bertz CT molecular complexity index is 438. The average molecular weight is 277 g/mol. The fourth-order valence-electron chi connectivity index (χ4n) is 1.35. The van der Waals surface area contributed by atoms with E-state index in [1.54, 1.807) is 5.38 Å². The van der Waals surface area contributed by atoms with E-state index in [0.29, 0.717) is 5.56 Å². The first kappa shape index (κ1) is 10.1. The third-order valence-electron chi connectivity index (χ3n) is 2.03. The van der Waals surface area contributed by atoms with E-state index >= 15 is 0 Å². The molecule has 0 saturated heterocycles. The van der Waals surface area contributed by atoms with E-state index in [9.17, 15) is 8.78 Å². The summed E-state index contributed by atoms with van der Waals surface area (Å²) in [5.74, 6) is 0. The van der Waals surface area contributed by atoms with Crippen molar-refractivity contribution >= 4 is 37.4 Å². The summed E-state index contributed by atoms with van der Waals surface area (Å²) < 4.78 is 26.0. The van der Waals surface area contributed by atoms with Crippen molar-refractivity contribution in [2.45, 2.75) is 11.3 Å². The molecule has 1 heterocycles. The maximum absolute atomic E-state index is 12.5. The molecule has 0 radical (unpaired) electrons. The lowest BCUT2D eigenvalue weighted by atomic mass is 10.1. The zero-order valence-electron chi connectivity index (χ0n) is 7.08. The van der Waals surface area contributed by atoms with E-state index in [2.05, 4.69) is 15.9 Å². The van der Waals surface area contributed by atoms with Crippen LogP contribution < -0.4 is 0 Å². The van der Waals surface area contributed by atoms with Gasteiger partial charge in [-0.3, -0.25) is 0 Å². The molecule has 2 rings (SSSR count). The van der Waals surface area contributed by atoms with Crippen LogP contribution in [0.5, 0.6) is 0 Å². The van der Waals surface area contributed by atoms with Crippen LogP contribution in [0.4, 0.5) is 8.78 Å². The van der Waals surface area contributed by atoms with Crippen molar-refractivity contribution in [1.82, 2.24) is 0 Å². The second-order valence-corrected chi connectivity index (χ2v) is 4.82. The first-order valence-corrected chi connectivity index (χ1v) is 5.88. The third kappa shape index (κ3) is 1.68. The second kappa shape index (κ2) is 3.95. The Morgan fingerprint density at radius 2 is 1.93 bits per heavy atom. The molecule has 0 aliphatic carbocycles. The molecule has 2 aromatic rings. The average Bonchev–Trinajstić information content (AvgIpc) is 2.60. The van der Waals surface area contributed by atoms with Crippen molar-refractivity contribution in [3.05, 3.63) is 35.2 Å². The van der Waals surface area contributed by atoms with Crippen LogP contribution >= 0.6 is 27.3 Å². The summed E-state index contributed by atoms with van der Waals surface area (Å²) in [4.78, 5) is -0.862. The van der Waals surface area contributed by atoms with Gasteiger partial charge in [-0.05, 0) is 22.4 Å². The first-order valence-electron chi connectivity index (χ1n) is 4.08. The normalized spacial score (nSPS) is 13.7. The SMILES string of the molecule is FC(F)C(Br)c1csc2ccccc12. The molecule has 1 aromatic carbocycles. The van der Waals surface area contributed by atoms with Crippen LogP contribution in [0.25, 0.3) is 10.1 Å². The number of hydrogen-bond donors (Lipinski definition) is 0. The molecule has 0 spiro atoms. The maximum Gasteiger partial charge on any atom is 0.255 e. The number of halogens is 3. The lowest BCUT2D eigenvalue weighted by molar-refractivity contribution is 0.148. The van der Waals surface area contributed by atoms with Gasteiger partial charge < -0.3 is 0 Å². The summed E-state index contributed by atoms with van der Waals surface area (Å²) in [6, 6.07) is 7.59. The topological polar surface area (TPSA) is 0 Å². The molecule has 0 saturated carbocycles. The van der Waals surface area contributed by atoms with Gasteiger partial charge in [-0.15, -0.1) is 11.3 Å². The van der Waals surface area contributed by atoms with Crippen LogP contribution in [0.15, 0.2) is 29.6 Å². The lowest BCUT2D eigenvalue weighted by Gasteiger charge is -2.06. The van der Waals surface area contributed by atoms with Crippen molar-refractivity contribution in [2.24, 2.45) is 0 Å². The highest BCUT2D eigenvalue weighted by Crippen LogP contribution is 2.37. The van der Waals surface area contributed by atoms with Crippen molar-refractivity contribution in [3.63, 3.8) is 0 Å². The van der Waals surface area contributed by atoms with Gasteiger partial charge in [0.15, 0.2) is 0 Å². The Labute approximate surface area is 92.7 Å². The lowest BCUT2D eigenvalue weighted by Crippen LogP contribution is -1.99. The van der Waals surface area contributed by atoms with Crippen molar-refractivity contribution in [3.8, 4) is 0 Å². The predicted molar refractivity (Wildman–Crippen MR) is 59.5 cm³/mol. The Hall–Kier alpha value is -0.480. The molecule has 14 heavy (non-hydrogen) atoms. The molecule has 74 valence electrons. The molecule has 0 aliphatic rings. The maximum atomic E-state index is 12.5. The highest BCUT2D eigenvalue weighted by Gasteiger charge is 2.21. The third-order valence-corrected chi connectivity index (χ3v) is 3.90. The quantitative estimate of drug-likeness (QED) is 0.703. The minimum Gasteiger partial charge on any atom is -0.209 e. The highest BCUT2D eigenvalue weighted by molar-refractivity contribution is 9.09. The van der Waals surface area contributed by atoms with E-state index < -0.39 is 11.3 Å². The fraction of sp³-hybridized carbons (Fsp3) is 0.200. The zero-order valence-corrected chi connectivity index (χ0v) is 9.49. The molecule has 4 heteroatoms. The fourth-order valence-corrected chi connectivity index (χ4v) is 2.90. The van der Waals surface area contributed by atoms with Crippen LogP contribution in [0, 0.1) is 0 Å². The molecule has 0 amide bonds. The molecule has 1 atom stereocenters. The summed E-state index contributed by atoms with van der Waals surface area (Å²) in [6.45, 7) is 0. The number of thiophene rings is 1. The van der Waals surface area contributed by atoms with Crippen molar-refractivity contribution in [1.29, 1.82) is 0 Å². The first-order chi connectivity index (χ1) is 6.70. The van der Waals surface area contributed by atoms with E-state index in [-0.39, 0.29) is 0 Å². The van der Waals surface area contributed by atoms with Crippen molar-refractivity contribution < 1.29 is 8.78 Å². The van der Waals surface area contributed by atoms with Gasteiger partial charge in [0, 0.05) is 4.70 Å². The van der Waals surface area contributed by atoms with E-state index in [4.69, 9.17) is 0 Å². The van der Waals surface area contributed by atoms with E-state index in [1.807, 2.05) is 24.3 Å². The summed E-state index contributed by atoms with van der Waals surface area (Å²) >= 11 is 4.50. The smallest absolute Gasteiger partial charge is 0.209 e. The highest BCUT2D eigenvalue weighted by atomic mass is 79.9. The molecule has 0 aliphatic heterocycles. The van der Waals surface area contributed by atoms with Crippen LogP contribution in [0.3, 0.4) is 0 Å². The molecule has 0 N–H and O–H groups in total. The molecule has 1 aromatic heterocycles. The van der Waals surface area contributed by atoms with Gasteiger partial charge in [-0.1, -0.05) is 34.1 Å². The number of fused-ring (bicyclic) bond motifs is 1. The standard InChI is InChI=1S/C10H7BrF2S/c11-9(10(12)13)7-5-14-8-4-2-1-3-6(7)8/h1-5,9-10H. The Morgan fingerprint density at radius 1 is 1.21 bits per heavy atom. The Balaban J connectivity index is 2.53. The largest absolute Gasteiger partial charge is 0.255 e. The predicted octanol–water partition coefficient (Wildman–Crippen LogP) is 4.60. The summed E-state index contributed by atoms with van der Waals surface area (Å²) in [5, 5.41) is 2.70. The molecule has 0 fully saturated rings. The molecule has 0 bridgehead atoms. The molecular formula is C10H7BrF2S. The summed E-state index contributed by atoms with van der Waals surface area (Å²) in [6.07, 6.45) is -2.37.